The fourth-order valence-electron chi connectivity index (χ4n) is 2.16. The number of amides is 1. The van der Waals surface area contributed by atoms with Crippen molar-refractivity contribution in [2.75, 3.05) is 12.4 Å². The summed E-state index contributed by atoms with van der Waals surface area (Å²) in [5.41, 5.74) is 2.34. The molecule has 20 heavy (non-hydrogen) atoms. The first-order valence-electron chi connectivity index (χ1n) is 6.29. The van der Waals surface area contributed by atoms with Gasteiger partial charge in [0.15, 0.2) is 0 Å². The minimum Gasteiger partial charge on any atom is -0.497 e. The summed E-state index contributed by atoms with van der Waals surface area (Å²) in [7, 11) is 1.61. The molecule has 4 heteroatoms. The van der Waals surface area contributed by atoms with Crippen LogP contribution in [0.15, 0.2) is 54.7 Å². The van der Waals surface area contributed by atoms with Crippen molar-refractivity contribution in [2.45, 2.75) is 0 Å². The molecule has 1 heterocycles. The van der Waals surface area contributed by atoms with E-state index in [0.29, 0.717) is 5.56 Å². The van der Waals surface area contributed by atoms with Crippen molar-refractivity contribution in [3.8, 4) is 5.75 Å². The molecule has 4 nitrogen and oxygen atoms in total. The number of anilines is 1. The summed E-state index contributed by atoms with van der Waals surface area (Å²) >= 11 is 0. The van der Waals surface area contributed by atoms with Crippen LogP contribution in [0.25, 0.3) is 10.9 Å². The number of aromatic nitrogens is 1. The Kier molecular flexibility index (Phi) is 3.13. The zero-order valence-electron chi connectivity index (χ0n) is 11.0. The largest absolute Gasteiger partial charge is 0.497 e. The molecule has 0 radical (unpaired) electrons. The Labute approximate surface area is 116 Å². The van der Waals surface area contributed by atoms with Crippen molar-refractivity contribution in [1.82, 2.24) is 4.98 Å². The number of carbonyl (C=O) groups excluding carboxylic acids is 1. The second kappa shape index (κ2) is 5.09. The summed E-state index contributed by atoms with van der Waals surface area (Å²) in [6, 6.07) is 14.8. The van der Waals surface area contributed by atoms with Crippen molar-refractivity contribution >= 4 is 22.5 Å². The number of methoxy groups -OCH3 is 1. The number of fused-ring (bicyclic) bond motifs is 1. The third kappa shape index (κ3) is 2.23. The second-order valence-electron chi connectivity index (χ2n) is 4.43. The lowest BCUT2D eigenvalue weighted by molar-refractivity contribution is 0.102. The molecule has 1 amide bonds. The Morgan fingerprint density at radius 1 is 1.10 bits per heavy atom. The van der Waals surface area contributed by atoms with Crippen LogP contribution in [0.2, 0.25) is 0 Å². The first-order chi connectivity index (χ1) is 9.78. The van der Waals surface area contributed by atoms with Crippen LogP contribution in [-0.2, 0) is 0 Å². The molecule has 0 spiro atoms. The quantitative estimate of drug-likeness (QED) is 0.763. The number of aromatic amines is 1. The predicted octanol–water partition coefficient (Wildman–Crippen LogP) is 3.43. The molecule has 0 saturated carbocycles. The van der Waals surface area contributed by atoms with Gasteiger partial charge in [-0.2, -0.15) is 0 Å². The molecular weight excluding hydrogens is 252 g/mol. The third-order valence-corrected chi connectivity index (χ3v) is 3.19. The van der Waals surface area contributed by atoms with Gasteiger partial charge in [0, 0.05) is 28.4 Å². The summed E-state index contributed by atoms with van der Waals surface area (Å²) in [6.45, 7) is 0. The van der Waals surface area contributed by atoms with Crippen LogP contribution in [0, 0.1) is 0 Å². The first kappa shape index (κ1) is 12.3. The zero-order chi connectivity index (χ0) is 13.9. The van der Waals surface area contributed by atoms with Crippen molar-refractivity contribution in [1.29, 1.82) is 0 Å². The smallest absolute Gasteiger partial charge is 0.256 e. The Hall–Kier alpha value is -2.75. The van der Waals surface area contributed by atoms with Crippen LogP contribution in [0.5, 0.6) is 5.75 Å². The topological polar surface area (TPSA) is 54.1 Å². The minimum atomic E-state index is -0.125. The summed E-state index contributed by atoms with van der Waals surface area (Å²) in [4.78, 5) is 15.4. The molecule has 3 rings (SSSR count). The van der Waals surface area contributed by atoms with Crippen molar-refractivity contribution < 1.29 is 9.53 Å². The van der Waals surface area contributed by atoms with Gasteiger partial charge in [-0.15, -0.1) is 0 Å². The van der Waals surface area contributed by atoms with E-state index >= 15 is 0 Å². The molecule has 3 aromatic rings. The normalized spacial score (nSPS) is 10.4. The molecule has 0 fully saturated rings. The van der Waals surface area contributed by atoms with E-state index in [2.05, 4.69) is 10.3 Å². The standard InChI is InChI=1S/C16H14N2O2/c1-20-12-7-5-11(6-8-12)18-16(19)14-3-2-4-15-13(14)9-10-17-15/h2-10,17H,1H3,(H,18,19). The van der Waals surface area contributed by atoms with Crippen molar-refractivity contribution in [3.05, 3.63) is 60.3 Å². The van der Waals surface area contributed by atoms with Gasteiger partial charge in [0.05, 0.1) is 7.11 Å². The molecule has 0 aliphatic rings. The Morgan fingerprint density at radius 3 is 2.65 bits per heavy atom. The van der Waals surface area contributed by atoms with Crippen LogP contribution in [0.1, 0.15) is 10.4 Å². The second-order valence-corrected chi connectivity index (χ2v) is 4.43. The van der Waals surface area contributed by atoms with Crippen molar-refractivity contribution in [2.24, 2.45) is 0 Å². The number of carbonyl (C=O) groups is 1. The molecular formula is C16H14N2O2. The van der Waals surface area contributed by atoms with E-state index in [1.165, 1.54) is 0 Å². The molecule has 2 aromatic carbocycles. The lowest BCUT2D eigenvalue weighted by atomic mass is 10.1. The van der Waals surface area contributed by atoms with Crippen molar-refractivity contribution in [3.63, 3.8) is 0 Å². The van der Waals surface area contributed by atoms with Gasteiger partial charge in [-0.25, -0.2) is 0 Å². The van der Waals surface area contributed by atoms with Gasteiger partial charge < -0.3 is 15.0 Å². The van der Waals surface area contributed by atoms with Gasteiger partial charge in [0.25, 0.3) is 5.91 Å². The fraction of sp³-hybridized carbons (Fsp3) is 0.0625. The first-order valence-corrected chi connectivity index (χ1v) is 6.29. The molecule has 0 aliphatic heterocycles. The van der Waals surface area contributed by atoms with Crippen LogP contribution < -0.4 is 10.1 Å². The molecule has 0 atom stereocenters. The number of benzene rings is 2. The van der Waals surface area contributed by atoms with E-state index in [4.69, 9.17) is 4.74 Å². The highest BCUT2D eigenvalue weighted by atomic mass is 16.5. The molecule has 0 aliphatic carbocycles. The van der Waals surface area contributed by atoms with E-state index in [-0.39, 0.29) is 5.91 Å². The van der Waals surface area contributed by atoms with Crippen LogP contribution in [0.4, 0.5) is 5.69 Å². The molecule has 0 saturated heterocycles. The Balaban J connectivity index is 1.87. The van der Waals surface area contributed by atoms with E-state index in [1.54, 1.807) is 7.11 Å². The van der Waals surface area contributed by atoms with E-state index < -0.39 is 0 Å². The van der Waals surface area contributed by atoms with Gasteiger partial charge in [0.1, 0.15) is 5.75 Å². The molecule has 1 aromatic heterocycles. The molecule has 0 bridgehead atoms. The summed E-state index contributed by atoms with van der Waals surface area (Å²) in [6.07, 6.45) is 1.83. The predicted molar refractivity (Wildman–Crippen MR) is 79.2 cm³/mol. The summed E-state index contributed by atoms with van der Waals surface area (Å²) in [5, 5.41) is 3.80. The van der Waals surface area contributed by atoms with Crippen LogP contribution in [0.3, 0.4) is 0 Å². The monoisotopic (exact) mass is 266 g/mol. The number of hydrogen-bond donors (Lipinski definition) is 2. The minimum absolute atomic E-state index is 0.125. The van der Waals surface area contributed by atoms with E-state index in [9.17, 15) is 4.79 Å². The fourth-order valence-corrected chi connectivity index (χ4v) is 2.16. The highest BCUT2D eigenvalue weighted by Gasteiger charge is 2.10. The average Bonchev–Trinajstić information content (AvgIpc) is 2.96. The number of ether oxygens (including phenoxy) is 1. The molecule has 2 N–H and O–H groups in total. The molecule has 0 unspecified atom stereocenters. The molecule has 100 valence electrons. The number of hydrogen-bond acceptors (Lipinski definition) is 2. The van der Waals surface area contributed by atoms with Crippen LogP contribution >= 0.6 is 0 Å². The maximum absolute atomic E-state index is 12.3. The van der Waals surface area contributed by atoms with Crippen LogP contribution in [-0.4, -0.2) is 18.0 Å². The SMILES string of the molecule is COc1ccc(NC(=O)c2cccc3[nH]ccc23)cc1. The summed E-state index contributed by atoms with van der Waals surface area (Å²) in [5.74, 6) is 0.635. The number of nitrogens with one attached hydrogen (secondary N) is 2. The lowest BCUT2D eigenvalue weighted by Crippen LogP contribution is -2.12. The maximum atomic E-state index is 12.3. The number of rotatable bonds is 3. The van der Waals surface area contributed by atoms with Gasteiger partial charge in [-0.3, -0.25) is 4.79 Å². The Morgan fingerprint density at radius 2 is 1.90 bits per heavy atom. The van der Waals surface area contributed by atoms with Gasteiger partial charge in [-0.05, 0) is 42.5 Å². The Bertz CT molecular complexity index is 745. The van der Waals surface area contributed by atoms with E-state index in [1.807, 2.05) is 54.7 Å². The van der Waals surface area contributed by atoms with Gasteiger partial charge >= 0.3 is 0 Å². The highest BCUT2D eigenvalue weighted by Crippen LogP contribution is 2.20. The highest BCUT2D eigenvalue weighted by molar-refractivity contribution is 6.12. The lowest BCUT2D eigenvalue weighted by Gasteiger charge is -2.07. The van der Waals surface area contributed by atoms with E-state index in [0.717, 1.165) is 22.3 Å². The van der Waals surface area contributed by atoms with Gasteiger partial charge in [0.2, 0.25) is 0 Å². The third-order valence-electron chi connectivity index (χ3n) is 3.19. The average molecular weight is 266 g/mol. The number of H-pyrrole nitrogens is 1. The summed E-state index contributed by atoms with van der Waals surface area (Å²) < 4.78 is 5.09. The zero-order valence-corrected chi connectivity index (χ0v) is 11.0. The maximum Gasteiger partial charge on any atom is 0.256 e. The van der Waals surface area contributed by atoms with Gasteiger partial charge in [-0.1, -0.05) is 6.07 Å².